The van der Waals surface area contributed by atoms with Crippen LogP contribution >= 0.6 is 0 Å². The maximum Gasteiger partial charge on any atom is 0.274 e. The first-order valence-electron chi connectivity index (χ1n) is 4.07. The maximum atomic E-state index is 10.6. The van der Waals surface area contributed by atoms with Crippen LogP contribution in [0.25, 0.3) is 0 Å². The lowest BCUT2D eigenvalue weighted by molar-refractivity contribution is -0.385. The summed E-state index contributed by atoms with van der Waals surface area (Å²) in [5, 5.41) is 13.6. The van der Waals surface area contributed by atoms with Crippen molar-refractivity contribution in [2.45, 2.75) is 13.0 Å². The Labute approximate surface area is 76.7 Å². The van der Waals surface area contributed by atoms with Crippen LogP contribution in [0.1, 0.15) is 18.5 Å². The summed E-state index contributed by atoms with van der Waals surface area (Å²) in [6.07, 6.45) is 0. The van der Waals surface area contributed by atoms with Crippen molar-refractivity contribution in [1.29, 1.82) is 0 Å². The molecule has 0 bridgehead atoms. The molecule has 0 aliphatic carbocycles. The van der Waals surface area contributed by atoms with Gasteiger partial charge in [-0.2, -0.15) is 0 Å². The van der Waals surface area contributed by atoms with E-state index >= 15 is 0 Å². The van der Waals surface area contributed by atoms with Crippen molar-refractivity contribution in [2.75, 3.05) is 7.05 Å². The second-order valence-corrected chi connectivity index (χ2v) is 2.83. The fourth-order valence-electron chi connectivity index (χ4n) is 1.18. The number of benzene rings is 1. The predicted octanol–water partition coefficient (Wildman–Crippen LogP) is 1.88. The molecule has 1 rings (SSSR count). The van der Waals surface area contributed by atoms with Crippen LogP contribution in [-0.2, 0) is 0 Å². The van der Waals surface area contributed by atoms with Crippen molar-refractivity contribution in [3.63, 3.8) is 0 Å². The van der Waals surface area contributed by atoms with Gasteiger partial charge in [0.15, 0.2) is 0 Å². The van der Waals surface area contributed by atoms with Gasteiger partial charge < -0.3 is 5.32 Å². The monoisotopic (exact) mass is 180 g/mol. The van der Waals surface area contributed by atoms with E-state index in [9.17, 15) is 10.1 Å². The number of rotatable bonds is 3. The van der Waals surface area contributed by atoms with Gasteiger partial charge >= 0.3 is 0 Å². The largest absolute Gasteiger partial charge is 0.313 e. The molecule has 0 radical (unpaired) electrons. The van der Waals surface area contributed by atoms with Crippen molar-refractivity contribution in [2.24, 2.45) is 0 Å². The number of para-hydroxylation sites is 1. The first-order valence-corrected chi connectivity index (χ1v) is 4.07. The Kier molecular flexibility index (Phi) is 2.97. The second kappa shape index (κ2) is 4.00. The molecule has 0 heterocycles. The van der Waals surface area contributed by atoms with Gasteiger partial charge in [-0.3, -0.25) is 10.1 Å². The molecule has 0 fully saturated rings. The fourth-order valence-corrected chi connectivity index (χ4v) is 1.18. The van der Waals surface area contributed by atoms with Crippen molar-refractivity contribution >= 4 is 5.69 Å². The first-order chi connectivity index (χ1) is 6.16. The highest BCUT2D eigenvalue weighted by Crippen LogP contribution is 2.23. The van der Waals surface area contributed by atoms with Crippen LogP contribution in [0.3, 0.4) is 0 Å². The third-order valence-corrected chi connectivity index (χ3v) is 2.03. The van der Waals surface area contributed by atoms with E-state index in [1.165, 1.54) is 6.07 Å². The van der Waals surface area contributed by atoms with E-state index in [1.807, 2.05) is 6.92 Å². The Morgan fingerprint density at radius 1 is 1.46 bits per heavy atom. The van der Waals surface area contributed by atoms with Crippen molar-refractivity contribution in [1.82, 2.24) is 5.32 Å². The molecule has 70 valence electrons. The molecular formula is C9H12N2O2. The van der Waals surface area contributed by atoms with Gasteiger partial charge in [-0.15, -0.1) is 0 Å². The Morgan fingerprint density at radius 2 is 2.08 bits per heavy atom. The number of hydrogen-bond acceptors (Lipinski definition) is 3. The van der Waals surface area contributed by atoms with Crippen molar-refractivity contribution in [3.8, 4) is 0 Å². The second-order valence-electron chi connectivity index (χ2n) is 2.83. The molecule has 1 atom stereocenters. The molecule has 1 unspecified atom stereocenters. The smallest absolute Gasteiger partial charge is 0.274 e. The third kappa shape index (κ3) is 2.03. The average molecular weight is 180 g/mol. The van der Waals surface area contributed by atoms with Crippen LogP contribution in [0.15, 0.2) is 24.3 Å². The molecule has 0 aliphatic rings. The summed E-state index contributed by atoms with van der Waals surface area (Å²) >= 11 is 0. The van der Waals surface area contributed by atoms with Crippen LogP contribution in [0.2, 0.25) is 0 Å². The molecule has 0 aromatic heterocycles. The van der Waals surface area contributed by atoms with E-state index < -0.39 is 0 Å². The van der Waals surface area contributed by atoms with Crippen LogP contribution < -0.4 is 5.32 Å². The van der Waals surface area contributed by atoms with Gasteiger partial charge in [-0.1, -0.05) is 18.2 Å². The molecule has 1 aromatic rings. The van der Waals surface area contributed by atoms with Crippen LogP contribution in [-0.4, -0.2) is 12.0 Å². The number of hydrogen-bond donors (Lipinski definition) is 1. The summed E-state index contributed by atoms with van der Waals surface area (Å²) in [5.41, 5.74) is 0.888. The van der Waals surface area contributed by atoms with Gasteiger partial charge in [-0.05, 0) is 14.0 Å². The average Bonchev–Trinajstić information content (AvgIpc) is 2.16. The first kappa shape index (κ1) is 9.67. The number of nitrogens with zero attached hydrogens (tertiary/aromatic N) is 1. The highest BCUT2D eigenvalue weighted by Gasteiger charge is 2.15. The molecule has 13 heavy (non-hydrogen) atoms. The number of nitro groups is 1. The zero-order valence-corrected chi connectivity index (χ0v) is 7.65. The highest BCUT2D eigenvalue weighted by atomic mass is 16.6. The molecule has 0 amide bonds. The van der Waals surface area contributed by atoms with Crippen molar-refractivity contribution < 1.29 is 4.92 Å². The standard InChI is InChI=1S/C9H12N2O2/c1-7(10-2)8-5-3-4-6-9(8)11(12)13/h3-7,10H,1-2H3. The van der Waals surface area contributed by atoms with Crippen molar-refractivity contribution in [3.05, 3.63) is 39.9 Å². The predicted molar refractivity (Wildman–Crippen MR) is 50.6 cm³/mol. The molecule has 4 nitrogen and oxygen atoms in total. The lowest BCUT2D eigenvalue weighted by Crippen LogP contribution is -2.13. The van der Waals surface area contributed by atoms with E-state index in [0.29, 0.717) is 0 Å². The summed E-state index contributed by atoms with van der Waals surface area (Å²) < 4.78 is 0. The summed E-state index contributed by atoms with van der Waals surface area (Å²) in [4.78, 5) is 10.3. The van der Waals surface area contributed by atoms with Crippen LogP contribution in [0, 0.1) is 10.1 Å². The summed E-state index contributed by atoms with van der Waals surface area (Å²) in [7, 11) is 1.78. The summed E-state index contributed by atoms with van der Waals surface area (Å²) in [6.45, 7) is 1.89. The lowest BCUT2D eigenvalue weighted by atomic mass is 10.1. The molecule has 0 saturated heterocycles. The molecule has 1 aromatic carbocycles. The topological polar surface area (TPSA) is 55.2 Å². The SMILES string of the molecule is CNC(C)c1ccccc1[N+](=O)[O-]. The minimum atomic E-state index is -0.358. The number of nitrogens with one attached hydrogen (secondary N) is 1. The normalized spacial score (nSPS) is 12.5. The minimum Gasteiger partial charge on any atom is -0.313 e. The molecule has 0 spiro atoms. The van der Waals surface area contributed by atoms with Gasteiger partial charge in [0, 0.05) is 17.7 Å². The molecule has 1 N–H and O–H groups in total. The maximum absolute atomic E-state index is 10.6. The molecular weight excluding hydrogens is 168 g/mol. The van der Waals surface area contributed by atoms with Gasteiger partial charge in [0.1, 0.15) is 0 Å². The summed E-state index contributed by atoms with van der Waals surface area (Å²) in [5.74, 6) is 0. The van der Waals surface area contributed by atoms with Gasteiger partial charge in [0.05, 0.1) is 4.92 Å². The van der Waals surface area contributed by atoms with Crippen LogP contribution in [0.4, 0.5) is 5.69 Å². The Balaban J connectivity index is 3.11. The third-order valence-electron chi connectivity index (χ3n) is 2.03. The highest BCUT2D eigenvalue weighted by molar-refractivity contribution is 5.41. The quantitative estimate of drug-likeness (QED) is 0.570. The molecule has 0 aliphatic heterocycles. The van der Waals surface area contributed by atoms with E-state index in [0.717, 1.165) is 5.56 Å². The Hall–Kier alpha value is -1.42. The van der Waals surface area contributed by atoms with E-state index in [4.69, 9.17) is 0 Å². The summed E-state index contributed by atoms with van der Waals surface area (Å²) in [6, 6.07) is 6.75. The number of nitro benzene ring substituents is 1. The van der Waals surface area contributed by atoms with E-state index in [2.05, 4.69) is 5.32 Å². The van der Waals surface area contributed by atoms with E-state index in [1.54, 1.807) is 25.2 Å². The fraction of sp³-hybridized carbons (Fsp3) is 0.333. The zero-order chi connectivity index (χ0) is 9.84. The van der Waals surface area contributed by atoms with Gasteiger partial charge in [0.25, 0.3) is 5.69 Å². The minimum absolute atomic E-state index is 0.00148. The Morgan fingerprint density at radius 3 is 2.62 bits per heavy atom. The Bertz CT molecular complexity index is 312. The zero-order valence-electron chi connectivity index (χ0n) is 7.65. The van der Waals surface area contributed by atoms with Gasteiger partial charge in [-0.25, -0.2) is 0 Å². The van der Waals surface area contributed by atoms with Gasteiger partial charge in [0.2, 0.25) is 0 Å². The molecule has 0 saturated carbocycles. The van der Waals surface area contributed by atoms with E-state index in [-0.39, 0.29) is 16.7 Å². The van der Waals surface area contributed by atoms with Crippen LogP contribution in [0.5, 0.6) is 0 Å². The lowest BCUT2D eigenvalue weighted by Gasteiger charge is -2.09. The molecule has 4 heteroatoms.